The van der Waals surface area contributed by atoms with E-state index in [2.05, 4.69) is 24.1 Å². The number of amides is 1. The fourth-order valence-corrected chi connectivity index (χ4v) is 2.48. The fourth-order valence-electron chi connectivity index (χ4n) is 2.48. The highest BCUT2D eigenvalue weighted by atomic mass is 16.2. The summed E-state index contributed by atoms with van der Waals surface area (Å²) in [6, 6.07) is 0.389. The molecule has 3 N–H and O–H groups in total. The molecule has 2 rings (SSSR count). The van der Waals surface area contributed by atoms with E-state index >= 15 is 0 Å². The van der Waals surface area contributed by atoms with Crippen molar-refractivity contribution in [1.82, 2.24) is 10.2 Å². The number of piperidine rings is 1. The van der Waals surface area contributed by atoms with E-state index in [-0.39, 0.29) is 11.4 Å². The van der Waals surface area contributed by atoms with Gasteiger partial charge in [0.1, 0.15) is 0 Å². The van der Waals surface area contributed by atoms with Crippen molar-refractivity contribution in [2.75, 3.05) is 19.6 Å². The van der Waals surface area contributed by atoms with Crippen LogP contribution in [0.2, 0.25) is 0 Å². The van der Waals surface area contributed by atoms with Gasteiger partial charge < -0.3 is 16.0 Å². The molecule has 0 spiro atoms. The monoisotopic (exact) mass is 239 g/mol. The van der Waals surface area contributed by atoms with Crippen LogP contribution in [-0.4, -0.2) is 42.0 Å². The summed E-state index contributed by atoms with van der Waals surface area (Å²) in [5.74, 6) is 0.610. The molecular formula is C13H25N3O. The molecule has 2 fully saturated rings. The van der Waals surface area contributed by atoms with Crippen molar-refractivity contribution in [3.8, 4) is 0 Å². The highest BCUT2D eigenvalue weighted by molar-refractivity contribution is 5.81. The van der Waals surface area contributed by atoms with E-state index in [1.54, 1.807) is 0 Å². The summed E-state index contributed by atoms with van der Waals surface area (Å²) >= 11 is 0. The summed E-state index contributed by atoms with van der Waals surface area (Å²) in [7, 11) is 0. The molecule has 4 nitrogen and oxygen atoms in total. The summed E-state index contributed by atoms with van der Waals surface area (Å²) in [6.07, 6.45) is 4.31. The van der Waals surface area contributed by atoms with Crippen molar-refractivity contribution in [3.05, 3.63) is 0 Å². The first-order valence-corrected chi connectivity index (χ1v) is 6.76. The standard InChI is InChI=1S/C13H25N3O/c1-13(2,14)9-16-7-5-11(6-8-16)15-12(17)10-3-4-10/h10-11H,3-9,14H2,1-2H3,(H,15,17). The Balaban J connectivity index is 1.68. The highest BCUT2D eigenvalue weighted by Gasteiger charge is 2.32. The van der Waals surface area contributed by atoms with Gasteiger partial charge in [0.25, 0.3) is 0 Å². The predicted octanol–water partition coefficient (Wildman–Crippen LogP) is 0.714. The Labute approximate surface area is 104 Å². The molecule has 1 amide bonds. The van der Waals surface area contributed by atoms with Crippen LogP contribution >= 0.6 is 0 Å². The van der Waals surface area contributed by atoms with Crippen molar-refractivity contribution in [2.45, 2.75) is 51.1 Å². The molecule has 1 aliphatic carbocycles. The van der Waals surface area contributed by atoms with Gasteiger partial charge in [0, 0.05) is 37.1 Å². The number of nitrogens with two attached hydrogens (primary N) is 1. The van der Waals surface area contributed by atoms with Crippen LogP contribution < -0.4 is 11.1 Å². The minimum absolute atomic E-state index is 0.121. The van der Waals surface area contributed by atoms with Crippen LogP contribution in [0.5, 0.6) is 0 Å². The Morgan fingerprint density at radius 1 is 1.29 bits per heavy atom. The SMILES string of the molecule is CC(C)(N)CN1CCC(NC(=O)C2CC2)CC1. The molecule has 1 saturated heterocycles. The molecule has 2 aliphatic rings. The molecule has 0 bridgehead atoms. The Bertz CT molecular complexity index is 273. The summed E-state index contributed by atoms with van der Waals surface area (Å²) in [6.45, 7) is 7.17. The molecule has 0 atom stereocenters. The molecule has 98 valence electrons. The molecular weight excluding hydrogens is 214 g/mol. The number of nitrogens with one attached hydrogen (secondary N) is 1. The zero-order chi connectivity index (χ0) is 12.5. The van der Waals surface area contributed by atoms with Gasteiger partial charge in [-0.15, -0.1) is 0 Å². The van der Waals surface area contributed by atoms with Gasteiger partial charge in [-0.2, -0.15) is 0 Å². The molecule has 4 heteroatoms. The summed E-state index contributed by atoms with van der Waals surface area (Å²) < 4.78 is 0. The summed E-state index contributed by atoms with van der Waals surface area (Å²) in [5, 5.41) is 3.17. The first-order chi connectivity index (χ1) is 7.94. The van der Waals surface area contributed by atoms with E-state index in [0.717, 1.165) is 45.3 Å². The maximum atomic E-state index is 11.6. The number of likely N-dealkylation sites (tertiary alicyclic amines) is 1. The van der Waals surface area contributed by atoms with E-state index in [0.29, 0.717) is 12.0 Å². The second-order valence-electron chi connectivity index (χ2n) is 6.32. The third-order valence-electron chi connectivity index (χ3n) is 3.51. The maximum Gasteiger partial charge on any atom is 0.223 e. The van der Waals surface area contributed by atoms with Crippen LogP contribution in [0.25, 0.3) is 0 Å². The average molecular weight is 239 g/mol. The Kier molecular flexibility index (Phi) is 3.73. The molecule has 1 saturated carbocycles. The molecule has 1 aliphatic heterocycles. The Morgan fingerprint density at radius 2 is 1.88 bits per heavy atom. The fraction of sp³-hybridized carbons (Fsp3) is 0.923. The van der Waals surface area contributed by atoms with Crippen LogP contribution in [-0.2, 0) is 4.79 Å². The van der Waals surface area contributed by atoms with Crippen LogP contribution in [0, 0.1) is 5.92 Å². The lowest BCUT2D eigenvalue weighted by molar-refractivity contribution is -0.123. The lowest BCUT2D eigenvalue weighted by Crippen LogP contribution is -2.51. The van der Waals surface area contributed by atoms with Gasteiger partial charge in [0.15, 0.2) is 0 Å². The zero-order valence-electron chi connectivity index (χ0n) is 11.0. The van der Waals surface area contributed by atoms with Crippen molar-refractivity contribution in [2.24, 2.45) is 11.7 Å². The topological polar surface area (TPSA) is 58.4 Å². The van der Waals surface area contributed by atoms with E-state index in [4.69, 9.17) is 5.73 Å². The molecule has 0 radical (unpaired) electrons. The quantitative estimate of drug-likeness (QED) is 0.760. The zero-order valence-corrected chi connectivity index (χ0v) is 11.0. The molecule has 0 aromatic rings. The molecule has 0 aromatic heterocycles. The molecule has 1 heterocycles. The van der Waals surface area contributed by atoms with Gasteiger partial charge in [0.05, 0.1) is 0 Å². The Hall–Kier alpha value is -0.610. The van der Waals surface area contributed by atoms with Crippen LogP contribution in [0.4, 0.5) is 0 Å². The van der Waals surface area contributed by atoms with Gasteiger partial charge in [-0.3, -0.25) is 4.79 Å². The first-order valence-electron chi connectivity index (χ1n) is 6.76. The van der Waals surface area contributed by atoms with Crippen molar-refractivity contribution in [3.63, 3.8) is 0 Å². The van der Waals surface area contributed by atoms with E-state index in [9.17, 15) is 4.79 Å². The van der Waals surface area contributed by atoms with Crippen LogP contribution in [0.15, 0.2) is 0 Å². The van der Waals surface area contributed by atoms with Crippen molar-refractivity contribution in [1.29, 1.82) is 0 Å². The third-order valence-corrected chi connectivity index (χ3v) is 3.51. The predicted molar refractivity (Wildman–Crippen MR) is 68.6 cm³/mol. The summed E-state index contributed by atoms with van der Waals surface area (Å²) in [5.41, 5.74) is 5.90. The first kappa shape index (κ1) is 12.8. The molecule has 0 aromatic carbocycles. The Morgan fingerprint density at radius 3 is 2.35 bits per heavy atom. The van der Waals surface area contributed by atoms with Gasteiger partial charge in [-0.25, -0.2) is 0 Å². The van der Waals surface area contributed by atoms with Crippen LogP contribution in [0.1, 0.15) is 39.5 Å². The van der Waals surface area contributed by atoms with Gasteiger partial charge >= 0.3 is 0 Å². The van der Waals surface area contributed by atoms with E-state index in [1.165, 1.54) is 0 Å². The highest BCUT2D eigenvalue weighted by Crippen LogP contribution is 2.29. The minimum Gasteiger partial charge on any atom is -0.353 e. The number of hydrogen-bond acceptors (Lipinski definition) is 3. The van der Waals surface area contributed by atoms with Gasteiger partial charge in [0.2, 0.25) is 5.91 Å². The molecule has 0 unspecified atom stereocenters. The smallest absolute Gasteiger partial charge is 0.223 e. The lowest BCUT2D eigenvalue weighted by Gasteiger charge is -2.36. The van der Waals surface area contributed by atoms with Crippen molar-refractivity contribution < 1.29 is 4.79 Å². The maximum absolute atomic E-state index is 11.6. The third kappa shape index (κ3) is 4.28. The van der Waals surface area contributed by atoms with E-state index < -0.39 is 0 Å². The summed E-state index contributed by atoms with van der Waals surface area (Å²) in [4.78, 5) is 14.0. The number of carbonyl (C=O) groups is 1. The van der Waals surface area contributed by atoms with Crippen LogP contribution in [0.3, 0.4) is 0 Å². The second-order valence-corrected chi connectivity index (χ2v) is 6.32. The van der Waals surface area contributed by atoms with E-state index in [1.807, 2.05) is 0 Å². The number of carbonyl (C=O) groups excluding carboxylic acids is 1. The van der Waals surface area contributed by atoms with Gasteiger partial charge in [-0.05, 0) is 39.5 Å². The normalized spacial score (nSPS) is 23.7. The van der Waals surface area contributed by atoms with Gasteiger partial charge in [-0.1, -0.05) is 0 Å². The average Bonchev–Trinajstić information content (AvgIpc) is 3.02. The number of rotatable bonds is 4. The van der Waals surface area contributed by atoms with Crippen molar-refractivity contribution >= 4 is 5.91 Å². The lowest BCUT2D eigenvalue weighted by atomic mass is 10.0. The largest absolute Gasteiger partial charge is 0.353 e. The minimum atomic E-state index is -0.121. The second kappa shape index (κ2) is 4.94. The number of nitrogens with zero attached hydrogens (tertiary/aromatic N) is 1. The molecule has 17 heavy (non-hydrogen) atoms. The number of hydrogen-bond donors (Lipinski definition) is 2.